The normalized spacial score (nSPS) is 16.3. The number of carbonyl (C=O) groups is 6. The molecule has 2 heterocycles. The number of hydrogen-bond acceptors (Lipinski definition) is 10. The molecule has 14 nitrogen and oxygen atoms in total. The van der Waals surface area contributed by atoms with E-state index in [1.54, 1.807) is 20.8 Å². The molecule has 2 aliphatic rings. The summed E-state index contributed by atoms with van der Waals surface area (Å²) in [4.78, 5) is 84.1. The first kappa shape index (κ1) is 44.2. The number of carbonyl (C=O) groups excluding carboxylic acids is 6. The van der Waals surface area contributed by atoms with Gasteiger partial charge in [0, 0.05) is 31.1 Å². The first-order valence-corrected chi connectivity index (χ1v) is 20.1. The average Bonchev–Trinajstić information content (AvgIpc) is 3.69. The first-order chi connectivity index (χ1) is 28.0. The molecular formula is C45H56N4O10. The van der Waals surface area contributed by atoms with Crippen LogP contribution in [0.25, 0.3) is 0 Å². The van der Waals surface area contributed by atoms with Gasteiger partial charge >= 0.3 is 18.0 Å². The number of amides is 4. The minimum atomic E-state index is -1.36. The van der Waals surface area contributed by atoms with Crippen molar-refractivity contribution in [3.8, 4) is 11.5 Å². The molecule has 1 saturated heterocycles. The number of para-hydroxylation sites is 2. The van der Waals surface area contributed by atoms with Gasteiger partial charge in [-0.1, -0.05) is 80.6 Å². The molecule has 0 aliphatic carbocycles. The van der Waals surface area contributed by atoms with Gasteiger partial charge in [-0.2, -0.15) is 0 Å². The van der Waals surface area contributed by atoms with E-state index in [1.165, 1.54) is 23.8 Å². The highest BCUT2D eigenvalue weighted by Crippen LogP contribution is 2.42. The van der Waals surface area contributed by atoms with Crippen molar-refractivity contribution < 1.29 is 47.7 Å². The lowest BCUT2D eigenvalue weighted by Gasteiger charge is -2.33. The molecule has 0 unspecified atom stereocenters. The molecule has 0 saturated carbocycles. The van der Waals surface area contributed by atoms with E-state index in [2.05, 4.69) is 10.6 Å². The Balaban J connectivity index is 1.24. The smallest absolute Gasteiger partial charge is 0.408 e. The molecule has 0 radical (unpaired) electrons. The number of likely N-dealkylation sites (tertiary alicyclic amines) is 1. The van der Waals surface area contributed by atoms with E-state index >= 15 is 0 Å². The van der Waals surface area contributed by atoms with Gasteiger partial charge in [-0.05, 0) is 77.0 Å². The van der Waals surface area contributed by atoms with Crippen LogP contribution in [0.2, 0.25) is 0 Å². The van der Waals surface area contributed by atoms with Gasteiger partial charge in [0.1, 0.15) is 41.8 Å². The summed E-state index contributed by atoms with van der Waals surface area (Å²) in [6, 6.07) is 20.3. The van der Waals surface area contributed by atoms with Crippen molar-refractivity contribution in [2.75, 3.05) is 13.6 Å². The summed E-state index contributed by atoms with van der Waals surface area (Å²) < 4.78 is 22.7. The van der Waals surface area contributed by atoms with E-state index in [0.29, 0.717) is 30.8 Å². The van der Waals surface area contributed by atoms with Crippen LogP contribution in [0, 0.1) is 5.92 Å². The lowest BCUT2D eigenvalue weighted by atomic mass is 9.94. The summed E-state index contributed by atoms with van der Waals surface area (Å²) in [6.45, 7) is 10.6. The molecule has 0 spiro atoms. The van der Waals surface area contributed by atoms with Gasteiger partial charge in [0.25, 0.3) is 5.91 Å². The highest BCUT2D eigenvalue weighted by Gasteiger charge is 2.42. The zero-order valence-corrected chi connectivity index (χ0v) is 34.9. The molecule has 1 fully saturated rings. The maximum Gasteiger partial charge on any atom is 0.408 e. The zero-order valence-electron chi connectivity index (χ0n) is 34.9. The van der Waals surface area contributed by atoms with Crippen molar-refractivity contribution in [2.24, 2.45) is 5.92 Å². The number of nitrogens with zero attached hydrogens (tertiary/aromatic N) is 2. The fourth-order valence-electron chi connectivity index (χ4n) is 7.17. The number of likely N-dealkylation sites (N-methyl/N-ethyl adjacent to an activating group) is 1. The average molecular weight is 813 g/mol. The summed E-state index contributed by atoms with van der Waals surface area (Å²) in [6.07, 6.45) is -1.41. The minimum absolute atomic E-state index is 0.0562. The summed E-state index contributed by atoms with van der Waals surface area (Å²) in [5.74, 6) is -1.68. The lowest BCUT2D eigenvalue weighted by molar-refractivity contribution is -0.164. The van der Waals surface area contributed by atoms with E-state index in [-0.39, 0.29) is 31.9 Å². The molecule has 2 aliphatic heterocycles. The van der Waals surface area contributed by atoms with Gasteiger partial charge < -0.3 is 39.4 Å². The number of esters is 2. The van der Waals surface area contributed by atoms with E-state index in [4.69, 9.17) is 18.9 Å². The predicted octanol–water partition coefficient (Wildman–Crippen LogP) is 6.21. The summed E-state index contributed by atoms with van der Waals surface area (Å²) in [5.41, 5.74) is 1.45. The fraction of sp³-hybridized carbons (Fsp3) is 0.467. The zero-order chi connectivity index (χ0) is 42.9. The van der Waals surface area contributed by atoms with Crippen LogP contribution in [0.4, 0.5) is 4.79 Å². The molecule has 3 aromatic rings. The largest absolute Gasteiger partial charge is 0.459 e. The van der Waals surface area contributed by atoms with Crippen LogP contribution in [0.1, 0.15) is 96.4 Å². The maximum atomic E-state index is 14.0. The Morgan fingerprint density at radius 2 is 1.47 bits per heavy atom. The van der Waals surface area contributed by atoms with Crippen molar-refractivity contribution >= 4 is 35.8 Å². The highest BCUT2D eigenvalue weighted by atomic mass is 16.6. The van der Waals surface area contributed by atoms with Crippen LogP contribution in [0.15, 0.2) is 78.9 Å². The molecule has 316 valence electrons. The highest BCUT2D eigenvalue weighted by molar-refractivity contribution is 5.93. The fourth-order valence-corrected chi connectivity index (χ4v) is 7.17. The number of benzene rings is 3. The Hall–Kier alpha value is -5.92. The van der Waals surface area contributed by atoms with Crippen molar-refractivity contribution in [3.63, 3.8) is 0 Å². The predicted molar refractivity (Wildman–Crippen MR) is 218 cm³/mol. The SMILES string of the molecule is CC(C)C[C@H](C(=O)OCc1ccccc1)N(C)C(=O)[C@@H]1CCCN1C(=O)[C@H](C)OC(=O)[C@H](CCC(=O)NC1c2ccccc2Oc2ccccc21)NC(=O)OC(C)(C)C. The monoisotopic (exact) mass is 812 g/mol. The molecule has 4 atom stereocenters. The Kier molecular flexibility index (Phi) is 14.7. The van der Waals surface area contributed by atoms with Gasteiger partial charge in [0.2, 0.25) is 11.8 Å². The third kappa shape index (κ3) is 11.8. The number of alkyl carbamates (subject to hydrolysis) is 1. The van der Waals surface area contributed by atoms with Crippen LogP contribution >= 0.6 is 0 Å². The van der Waals surface area contributed by atoms with Gasteiger partial charge in [0.15, 0.2) is 6.10 Å². The Labute approximate surface area is 345 Å². The van der Waals surface area contributed by atoms with E-state index in [9.17, 15) is 28.8 Å². The number of rotatable bonds is 15. The summed E-state index contributed by atoms with van der Waals surface area (Å²) in [7, 11) is 1.53. The number of fused-ring (bicyclic) bond motifs is 2. The topological polar surface area (TPSA) is 170 Å². The number of hydrogen-bond donors (Lipinski definition) is 2. The third-order valence-corrected chi connectivity index (χ3v) is 10.1. The Morgan fingerprint density at radius 3 is 2.08 bits per heavy atom. The standard InChI is InChI=1S/C45H56N4O10/c1-28(2)26-35(43(54)56-27-30-16-9-8-10-17-30)48(7)41(52)34-20-15-25-49(34)40(51)29(3)57-42(53)33(46-44(55)59-45(4,5)6)23-24-38(50)47-39-31-18-11-13-21-36(31)58-37-22-14-12-19-32(37)39/h8-14,16-19,21-22,28-29,33-35,39H,15,20,23-27H2,1-7H3,(H,46,55)(H,47,50)/t29-,33-,34-,35+/m0/s1. The Bertz CT molecular complexity index is 1930. The van der Waals surface area contributed by atoms with E-state index < -0.39 is 71.6 Å². The molecule has 59 heavy (non-hydrogen) atoms. The van der Waals surface area contributed by atoms with Crippen LogP contribution in [0.3, 0.4) is 0 Å². The maximum absolute atomic E-state index is 14.0. The molecule has 14 heteroatoms. The van der Waals surface area contributed by atoms with E-state index in [0.717, 1.165) is 16.7 Å². The second kappa shape index (κ2) is 19.7. The van der Waals surface area contributed by atoms with Crippen LogP contribution in [-0.4, -0.2) is 89.0 Å². The minimum Gasteiger partial charge on any atom is -0.459 e. The second-order valence-corrected chi connectivity index (χ2v) is 16.4. The molecule has 3 aromatic carbocycles. The molecule has 0 aromatic heterocycles. The van der Waals surface area contributed by atoms with Gasteiger partial charge in [-0.25, -0.2) is 14.4 Å². The number of nitrogens with one attached hydrogen (secondary N) is 2. The molecule has 5 rings (SSSR count). The van der Waals surface area contributed by atoms with E-state index in [1.807, 2.05) is 92.7 Å². The molecule has 2 N–H and O–H groups in total. The van der Waals surface area contributed by atoms with Crippen LogP contribution in [0.5, 0.6) is 11.5 Å². The number of ether oxygens (including phenoxy) is 4. The van der Waals surface area contributed by atoms with Gasteiger partial charge in [0.05, 0.1) is 6.04 Å². The molecule has 4 amide bonds. The van der Waals surface area contributed by atoms with Crippen LogP contribution < -0.4 is 15.4 Å². The first-order valence-electron chi connectivity index (χ1n) is 20.1. The quantitative estimate of drug-likeness (QED) is 0.133. The van der Waals surface area contributed by atoms with Gasteiger partial charge in [-0.15, -0.1) is 0 Å². The van der Waals surface area contributed by atoms with Crippen molar-refractivity contribution in [3.05, 3.63) is 95.6 Å². The second-order valence-electron chi connectivity index (χ2n) is 16.4. The van der Waals surface area contributed by atoms with Crippen molar-refractivity contribution in [1.29, 1.82) is 0 Å². The van der Waals surface area contributed by atoms with Crippen molar-refractivity contribution in [1.82, 2.24) is 20.4 Å². The third-order valence-electron chi connectivity index (χ3n) is 10.1. The summed E-state index contributed by atoms with van der Waals surface area (Å²) >= 11 is 0. The molecular weight excluding hydrogens is 757 g/mol. The van der Waals surface area contributed by atoms with Crippen LogP contribution in [-0.2, 0) is 44.8 Å². The van der Waals surface area contributed by atoms with Gasteiger partial charge in [-0.3, -0.25) is 14.4 Å². The lowest BCUT2D eigenvalue weighted by Crippen LogP contribution is -2.54. The molecule has 0 bridgehead atoms. The summed E-state index contributed by atoms with van der Waals surface area (Å²) in [5, 5.41) is 5.55. The Morgan fingerprint density at radius 1 is 0.864 bits per heavy atom. The van der Waals surface area contributed by atoms with Crippen molar-refractivity contribution in [2.45, 2.75) is 116 Å².